The minimum atomic E-state index is 0.0317. The van der Waals surface area contributed by atoms with Crippen LogP contribution < -0.4 is 9.47 Å². The first kappa shape index (κ1) is 18.0. The first-order valence-corrected chi connectivity index (χ1v) is 8.99. The molecule has 1 saturated heterocycles. The molecule has 1 aliphatic rings. The van der Waals surface area contributed by atoms with Crippen LogP contribution >= 0.6 is 11.8 Å². The molecular formula is C19H19N3O3S. The van der Waals surface area contributed by atoms with E-state index < -0.39 is 0 Å². The second-order valence-corrected chi connectivity index (χ2v) is 6.46. The van der Waals surface area contributed by atoms with Gasteiger partial charge in [0, 0.05) is 0 Å². The molecule has 1 aliphatic heterocycles. The zero-order valence-corrected chi connectivity index (χ0v) is 15.4. The summed E-state index contributed by atoms with van der Waals surface area (Å²) in [6.07, 6.45) is 1.65. The molecule has 0 unspecified atom stereocenters. The minimum absolute atomic E-state index is 0.0317. The van der Waals surface area contributed by atoms with Crippen molar-refractivity contribution < 1.29 is 14.3 Å². The molecule has 0 N–H and O–H groups in total. The van der Waals surface area contributed by atoms with E-state index in [2.05, 4.69) is 10.2 Å². The lowest BCUT2D eigenvalue weighted by Crippen LogP contribution is -2.28. The SMILES string of the molecule is COc1ccc(/C=N/N=C2\SCC(=O)N2Cc2ccc(OC)cc2)cc1. The van der Waals surface area contributed by atoms with Crippen LogP contribution in [-0.2, 0) is 11.3 Å². The van der Waals surface area contributed by atoms with Gasteiger partial charge in [-0.15, -0.1) is 5.10 Å². The monoisotopic (exact) mass is 369 g/mol. The topological polar surface area (TPSA) is 63.5 Å². The second kappa shape index (κ2) is 8.53. The number of hydrogen-bond acceptors (Lipinski definition) is 6. The normalized spacial score (nSPS) is 15.8. The van der Waals surface area contributed by atoms with Gasteiger partial charge in [0.1, 0.15) is 11.5 Å². The van der Waals surface area contributed by atoms with Crippen LogP contribution in [0.4, 0.5) is 0 Å². The Labute approximate surface area is 156 Å². The van der Waals surface area contributed by atoms with Crippen LogP contribution in [0.15, 0.2) is 58.7 Å². The van der Waals surface area contributed by atoms with E-state index in [1.807, 2.05) is 48.5 Å². The number of amidine groups is 1. The number of benzene rings is 2. The van der Waals surface area contributed by atoms with Gasteiger partial charge in [0.2, 0.25) is 5.91 Å². The first-order chi connectivity index (χ1) is 12.7. The predicted octanol–water partition coefficient (Wildman–Crippen LogP) is 3.17. The van der Waals surface area contributed by atoms with E-state index in [4.69, 9.17) is 9.47 Å². The molecule has 1 amide bonds. The molecule has 0 radical (unpaired) electrons. The van der Waals surface area contributed by atoms with Crippen LogP contribution in [0.2, 0.25) is 0 Å². The molecule has 134 valence electrons. The number of carbonyl (C=O) groups excluding carboxylic acids is 1. The lowest BCUT2D eigenvalue weighted by molar-refractivity contribution is -0.124. The summed E-state index contributed by atoms with van der Waals surface area (Å²) in [6, 6.07) is 15.1. The fourth-order valence-corrected chi connectivity index (χ4v) is 3.21. The highest BCUT2D eigenvalue weighted by molar-refractivity contribution is 8.15. The molecule has 1 heterocycles. The van der Waals surface area contributed by atoms with Crippen LogP contribution in [-0.4, -0.2) is 42.2 Å². The quantitative estimate of drug-likeness (QED) is 0.580. The first-order valence-electron chi connectivity index (χ1n) is 8.01. The standard InChI is InChI=1S/C19H19N3O3S/c1-24-16-7-3-14(4-8-16)11-20-21-19-22(18(23)13-26-19)12-15-5-9-17(25-2)10-6-15/h3-11H,12-13H2,1-2H3/b20-11+,21-19-. The van der Waals surface area contributed by atoms with Crippen molar-refractivity contribution in [1.82, 2.24) is 4.90 Å². The number of thioether (sulfide) groups is 1. The lowest BCUT2D eigenvalue weighted by Gasteiger charge is -2.15. The Bertz CT molecular complexity index is 817. The van der Waals surface area contributed by atoms with Gasteiger partial charge < -0.3 is 9.47 Å². The minimum Gasteiger partial charge on any atom is -0.497 e. The zero-order chi connectivity index (χ0) is 18.4. The molecule has 0 aliphatic carbocycles. The number of methoxy groups -OCH3 is 2. The fraction of sp³-hybridized carbons (Fsp3) is 0.211. The van der Waals surface area contributed by atoms with Crippen molar-refractivity contribution in [2.75, 3.05) is 20.0 Å². The highest BCUT2D eigenvalue weighted by atomic mass is 32.2. The maximum Gasteiger partial charge on any atom is 0.239 e. The molecule has 0 aromatic heterocycles. The Morgan fingerprint density at radius 2 is 1.65 bits per heavy atom. The van der Waals surface area contributed by atoms with E-state index in [0.29, 0.717) is 17.5 Å². The largest absolute Gasteiger partial charge is 0.497 e. The molecule has 2 aromatic carbocycles. The highest BCUT2D eigenvalue weighted by Gasteiger charge is 2.28. The summed E-state index contributed by atoms with van der Waals surface area (Å²) < 4.78 is 10.3. The summed E-state index contributed by atoms with van der Waals surface area (Å²) in [5, 5.41) is 8.95. The van der Waals surface area contributed by atoms with Gasteiger partial charge in [-0.05, 0) is 47.5 Å². The molecule has 0 spiro atoms. The van der Waals surface area contributed by atoms with E-state index in [1.165, 1.54) is 11.8 Å². The van der Waals surface area contributed by atoms with Crippen molar-refractivity contribution in [1.29, 1.82) is 0 Å². The molecule has 0 saturated carbocycles. The number of carbonyl (C=O) groups is 1. The smallest absolute Gasteiger partial charge is 0.239 e. The summed E-state index contributed by atoms with van der Waals surface area (Å²) in [4.78, 5) is 13.8. The van der Waals surface area contributed by atoms with Crippen LogP contribution in [0, 0.1) is 0 Å². The number of hydrogen-bond donors (Lipinski definition) is 0. The van der Waals surface area contributed by atoms with E-state index >= 15 is 0 Å². The molecule has 6 nitrogen and oxygen atoms in total. The second-order valence-electron chi connectivity index (χ2n) is 5.52. The molecule has 0 bridgehead atoms. The van der Waals surface area contributed by atoms with Gasteiger partial charge in [-0.25, -0.2) is 0 Å². The summed E-state index contributed by atoms with van der Waals surface area (Å²) in [5.74, 6) is 1.99. The van der Waals surface area contributed by atoms with Gasteiger partial charge in [-0.3, -0.25) is 9.69 Å². The average molecular weight is 369 g/mol. The predicted molar refractivity (Wildman–Crippen MR) is 104 cm³/mol. The third-order valence-electron chi connectivity index (χ3n) is 3.82. The van der Waals surface area contributed by atoms with Gasteiger partial charge >= 0.3 is 0 Å². The Morgan fingerprint density at radius 3 is 2.27 bits per heavy atom. The van der Waals surface area contributed by atoms with E-state index in [-0.39, 0.29) is 5.91 Å². The number of amides is 1. The van der Waals surface area contributed by atoms with E-state index in [9.17, 15) is 4.79 Å². The summed E-state index contributed by atoms with van der Waals surface area (Å²) >= 11 is 1.39. The van der Waals surface area contributed by atoms with Crippen molar-refractivity contribution in [3.05, 3.63) is 59.7 Å². The fourth-order valence-electron chi connectivity index (χ4n) is 2.38. The number of rotatable bonds is 6. The average Bonchev–Trinajstić information content (AvgIpc) is 3.03. The van der Waals surface area contributed by atoms with Crippen molar-refractivity contribution in [2.24, 2.45) is 10.2 Å². The van der Waals surface area contributed by atoms with Crippen LogP contribution in [0.25, 0.3) is 0 Å². The number of ether oxygens (including phenoxy) is 2. The Hall–Kier alpha value is -2.80. The van der Waals surface area contributed by atoms with Crippen molar-refractivity contribution in [3.8, 4) is 11.5 Å². The summed E-state index contributed by atoms with van der Waals surface area (Å²) in [7, 11) is 3.25. The zero-order valence-electron chi connectivity index (χ0n) is 14.6. The van der Waals surface area contributed by atoms with Gasteiger partial charge in [-0.1, -0.05) is 23.9 Å². The molecule has 1 fully saturated rings. The molecule has 2 aromatic rings. The van der Waals surface area contributed by atoms with Crippen LogP contribution in [0.3, 0.4) is 0 Å². The summed E-state index contributed by atoms with van der Waals surface area (Å²) in [5.41, 5.74) is 1.92. The maximum absolute atomic E-state index is 12.1. The Kier molecular flexibility index (Phi) is 5.91. The molecular weight excluding hydrogens is 350 g/mol. The van der Waals surface area contributed by atoms with E-state index in [0.717, 1.165) is 22.6 Å². The Morgan fingerprint density at radius 1 is 1.04 bits per heavy atom. The molecule has 3 rings (SSSR count). The third-order valence-corrected chi connectivity index (χ3v) is 4.77. The maximum atomic E-state index is 12.1. The molecule has 7 heteroatoms. The van der Waals surface area contributed by atoms with Gasteiger partial charge in [-0.2, -0.15) is 5.10 Å². The number of nitrogens with zero attached hydrogens (tertiary/aromatic N) is 3. The van der Waals surface area contributed by atoms with Gasteiger partial charge in [0.15, 0.2) is 5.17 Å². The Balaban J connectivity index is 1.69. The van der Waals surface area contributed by atoms with Crippen LogP contribution in [0.1, 0.15) is 11.1 Å². The van der Waals surface area contributed by atoms with Crippen molar-refractivity contribution in [2.45, 2.75) is 6.54 Å². The third kappa shape index (κ3) is 4.43. The van der Waals surface area contributed by atoms with Gasteiger partial charge in [0.05, 0.1) is 32.7 Å². The summed E-state index contributed by atoms with van der Waals surface area (Å²) in [6.45, 7) is 0.465. The lowest BCUT2D eigenvalue weighted by atomic mass is 10.2. The van der Waals surface area contributed by atoms with Crippen LogP contribution in [0.5, 0.6) is 11.5 Å². The highest BCUT2D eigenvalue weighted by Crippen LogP contribution is 2.23. The molecule has 0 atom stereocenters. The van der Waals surface area contributed by atoms with Gasteiger partial charge in [0.25, 0.3) is 0 Å². The van der Waals surface area contributed by atoms with Crippen molar-refractivity contribution in [3.63, 3.8) is 0 Å². The molecule has 26 heavy (non-hydrogen) atoms. The van der Waals surface area contributed by atoms with Crippen molar-refractivity contribution >= 4 is 29.1 Å². The van der Waals surface area contributed by atoms with E-state index in [1.54, 1.807) is 25.3 Å².